The second-order valence-electron chi connectivity index (χ2n) is 15.7. The van der Waals surface area contributed by atoms with Crippen molar-refractivity contribution in [3.05, 3.63) is 143 Å². The molecule has 0 radical (unpaired) electrons. The molecule has 67 heavy (non-hydrogen) atoms. The molecule has 10 rings (SSSR count). The van der Waals surface area contributed by atoms with Crippen LogP contribution in [0, 0.1) is 0 Å². The first kappa shape index (κ1) is 46.9. The molecule has 348 valence electrons. The zero-order valence-electron chi connectivity index (χ0n) is 35.5. The first-order valence-electron chi connectivity index (χ1n) is 21.0. The number of nitrogen functional groups attached to an aromatic ring is 2. The number of H-pyrrole nitrogens is 1. The van der Waals surface area contributed by atoms with Gasteiger partial charge in [0.1, 0.15) is 36.6 Å². The van der Waals surface area contributed by atoms with Crippen LogP contribution in [0.3, 0.4) is 0 Å². The molecule has 0 saturated carbocycles. The topological polar surface area (TPSA) is 313 Å². The van der Waals surface area contributed by atoms with E-state index < -0.39 is 73.7 Å². The number of ether oxygens (including phenoxy) is 2. The number of aliphatic hydroxyl groups excluding tert-OH is 6. The summed E-state index contributed by atoms with van der Waals surface area (Å²) in [5.74, 6) is -0.877. The standard InChI is InChI=1S/C23H23N5O5.C13H11Br.C10H13N5O5/c24-23-25-20-17(21(32)26-23)27(12-28(20)22-19(31)18(30)16(11-29)33-22)10-13-6-8-15(9-7-13)14-4-2-1-3-5-14;14-10-11-6-8-13(9-7-11)12-4-2-1-3-5-12;11-10-13-7-4(8(19)14-10)12-2-15(7)9-6(18)5(17)3(1-16)20-9/h1-9,12,16,18-19,22,29-31H,10-11H2,(H2-,24,25,26,32);1-9H,10H2;2-3,5-6,9,16-18H,1H2,(H3,11,13,14,19)/t16-,18-,19-,22-;;3-,5-,6-,9-/m1.1/s1. The molecule has 2 fully saturated rings. The van der Waals surface area contributed by atoms with Gasteiger partial charge >= 0.3 is 5.65 Å². The second-order valence-corrected chi connectivity index (χ2v) is 16.3. The molecule has 8 aromatic rings. The van der Waals surface area contributed by atoms with Gasteiger partial charge in [0.25, 0.3) is 11.5 Å². The third-order valence-electron chi connectivity index (χ3n) is 11.3. The Balaban J connectivity index is 0.000000151. The maximum Gasteiger partial charge on any atom is 0.309 e. The van der Waals surface area contributed by atoms with E-state index in [0.717, 1.165) is 22.0 Å². The van der Waals surface area contributed by atoms with Gasteiger partial charge in [-0.3, -0.25) is 18.9 Å². The average molecular weight is 980 g/mol. The number of nitrogens with one attached hydrogen (secondary N) is 1. The molecular formula is C46H47BrN10O10. The average Bonchev–Trinajstić information content (AvgIpc) is 4.09. The fourth-order valence-electron chi connectivity index (χ4n) is 7.83. The molecule has 11 N–H and O–H groups in total. The van der Waals surface area contributed by atoms with Crippen LogP contribution in [-0.4, -0.2) is 115 Å². The van der Waals surface area contributed by atoms with E-state index in [0.29, 0.717) is 6.54 Å². The smallest absolute Gasteiger partial charge is 0.309 e. The summed E-state index contributed by atoms with van der Waals surface area (Å²) in [5.41, 5.74) is 18.1. The van der Waals surface area contributed by atoms with Gasteiger partial charge in [0.2, 0.25) is 12.2 Å². The Kier molecular flexibility index (Phi) is 14.3. The quantitative estimate of drug-likeness (QED) is 0.0727. The highest BCUT2D eigenvalue weighted by Gasteiger charge is 2.47. The molecule has 8 atom stereocenters. The molecule has 2 aliphatic rings. The van der Waals surface area contributed by atoms with E-state index in [-0.39, 0.29) is 34.2 Å². The number of aromatic amines is 1. The number of nitrogens with two attached hydrogens (primary N) is 2. The molecule has 4 aromatic carbocycles. The van der Waals surface area contributed by atoms with Crippen LogP contribution in [0.5, 0.6) is 5.88 Å². The molecule has 2 aliphatic heterocycles. The van der Waals surface area contributed by atoms with Crippen LogP contribution in [0.2, 0.25) is 0 Å². The molecule has 0 spiro atoms. The molecule has 20 nitrogen and oxygen atoms in total. The zero-order valence-corrected chi connectivity index (χ0v) is 37.1. The minimum atomic E-state index is -1.33. The fourth-order valence-corrected chi connectivity index (χ4v) is 8.21. The number of nitrogens with zero attached hydrogens (tertiary/aromatic N) is 7. The summed E-state index contributed by atoms with van der Waals surface area (Å²) in [6.45, 7) is -0.584. The van der Waals surface area contributed by atoms with E-state index in [9.17, 15) is 35.4 Å². The summed E-state index contributed by atoms with van der Waals surface area (Å²) in [6, 6.07) is 37.0. The molecule has 0 amide bonds. The van der Waals surface area contributed by atoms with E-state index in [1.54, 1.807) is 10.9 Å². The van der Waals surface area contributed by atoms with Crippen molar-refractivity contribution in [1.82, 2.24) is 34.1 Å². The number of halogens is 1. The van der Waals surface area contributed by atoms with E-state index >= 15 is 0 Å². The van der Waals surface area contributed by atoms with Crippen molar-refractivity contribution in [3.8, 4) is 28.1 Å². The van der Waals surface area contributed by atoms with Crippen LogP contribution in [0.4, 0.5) is 11.9 Å². The van der Waals surface area contributed by atoms with Crippen molar-refractivity contribution in [2.45, 2.75) is 61.0 Å². The monoisotopic (exact) mass is 978 g/mol. The number of aromatic nitrogens is 8. The lowest BCUT2D eigenvalue weighted by molar-refractivity contribution is -0.746. The zero-order chi connectivity index (χ0) is 47.4. The summed E-state index contributed by atoms with van der Waals surface area (Å²) in [6.07, 6.45) is -6.29. The van der Waals surface area contributed by atoms with Gasteiger partial charge in [0, 0.05) is 11.2 Å². The largest absolute Gasteiger partial charge is 0.856 e. The lowest BCUT2D eigenvalue weighted by Gasteiger charge is -2.16. The van der Waals surface area contributed by atoms with E-state index in [1.165, 1.54) is 32.2 Å². The van der Waals surface area contributed by atoms with E-state index in [4.69, 9.17) is 26.0 Å². The van der Waals surface area contributed by atoms with E-state index in [1.807, 2.05) is 60.7 Å². The third-order valence-corrected chi connectivity index (χ3v) is 12.0. The van der Waals surface area contributed by atoms with Gasteiger partial charge in [-0.15, -0.1) is 0 Å². The number of fused-ring (bicyclic) bond motifs is 2. The number of imidazole rings is 2. The van der Waals surface area contributed by atoms with Crippen molar-refractivity contribution >= 4 is 50.2 Å². The Morgan fingerprint density at radius 1 is 0.716 bits per heavy atom. The highest BCUT2D eigenvalue weighted by atomic mass is 79.9. The number of hydrogen-bond acceptors (Lipinski definition) is 16. The van der Waals surface area contributed by atoms with Crippen molar-refractivity contribution < 1.29 is 49.8 Å². The number of rotatable bonds is 9. The minimum Gasteiger partial charge on any atom is -0.856 e. The molecule has 0 aliphatic carbocycles. The Bertz CT molecular complexity index is 2980. The maximum atomic E-state index is 12.7. The van der Waals surface area contributed by atoms with Gasteiger partial charge in [0.15, 0.2) is 29.2 Å². The fraction of sp³-hybridized carbons (Fsp3) is 0.261. The van der Waals surface area contributed by atoms with Crippen LogP contribution in [0.25, 0.3) is 44.6 Å². The van der Waals surface area contributed by atoms with Gasteiger partial charge in [-0.1, -0.05) is 130 Å². The van der Waals surface area contributed by atoms with Gasteiger partial charge in [0.05, 0.1) is 26.1 Å². The first-order valence-corrected chi connectivity index (χ1v) is 22.1. The summed E-state index contributed by atoms with van der Waals surface area (Å²) in [4.78, 5) is 29.7. The highest BCUT2D eigenvalue weighted by Crippen LogP contribution is 2.32. The molecule has 4 aromatic heterocycles. The third kappa shape index (κ3) is 9.91. The van der Waals surface area contributed by atoms with Crippen LogP contribution in [0.1, 0.15) is 23.6 Å². The lowest BCUT2D eigenvalue weighted by Crippen LogP contribution is -2.46. The van der Waals surface area contributed by atoms with Crippen molar-refractivity contribution in [2.24, 2.45) is 0 Å². The minimum absolute atomic E-state index is 0.0388. The Labute approximate surface area is 389 Å². The van der Waals surface area contributed by atoms with E-state index in [2.05, 4.69) is 89.4 Å². The number of alkyl halides is 1. The number of benzene rings is 4. The second kappa shape index (κ2) is 20.5. The van der Waals surface area contributed by atoms with Crippen molar-refractivity contribution in [3.63, 3.8) is 0 Å². The lowest BCUT2D eigenvalue weighted by atomic mass is 10.0. The Morgan fingerprint density at radius 3 is 1.82 bits per heavy atom. The normalized spacial score (nSPS) is 22.3. The summed E-state index contributed by atoms with van der Waals surface area (Å²) >= 11 is 3.44. The summed E-state index contributed by atoms with van der Waals surface area (Å²) in [5, 5.41) is 72.4. The molecule has 0 unspecified atom stereocenters. The summed E-state index contributed by atoms with van der Waals surface area (Å²) < 4.78 is 15.4. The van der Waals surface area contributed by atoms with Crippen molar-refractivity contribution in [2.75, 3.05) is 24.7 Å². The van der Waals surface area contributed by atoms with Crippen LogP contribution in [0.15, 0.2) is 127 Å². The first-order chi connectivity index (χ1) is 32.4. The predicted molar refractivity (Wildman–Crippen MR) is 246 cm³/mol. The maximum absolute atomic E-state index is 12.7. The SMILES string of the molecule is BrCc1ccc(-c2ccccc2)cc1.Nc1nc([O-])c2c(n1)[n+]([C@@H]1O[C@H](CO)[C@@H](O)[C@H]1O)cn2Cc1ccc(-c2ccccc2)cc1.Nc1nc2c(ncn2[C@@H]2O[C@H](CO)[C@@H](O)[C@H]2O)c(=O)[nH]1. The highest BCUT2D eigenvalue weighted by molar-refractivity contribution is 9.08. The van der Waals surface area contributed by atoms with Gasteiger partial charge in [-0.25, -0.2) is 14.5 Å². The van der Waals surface area contributed by atoms with Crippen molar-refractivity contribution in [1.29, 1.82) is 0 Å². The Hall–Kier alpha value is -6.66. The van der Waals surface area contributed by atoms with Gasteiger partial charge in [-0.2, -0.15) is 4.98 Å². The predicted octanol–water partition coefficient (Wildman–Crippen LogP) is 1.26. The van der Waals surface area contributed by atoms with Crippen LogP contribution in [-0.2, 0) is 21.3 Å². The molecule has 2 saturated heterocycles. The molecule has 0 bridgehead atoms. The number of anilines is 2. The molecular weight excluding hydrogens is 932 g/mol. The van der Waals surface area contributed by atoms with Gasteiger partial charge < -0.3 is 56.7 Å². The van der Waals surface area contributed by atoms with Gasteiger partial charge in [-0.05, 0) is 33.4 Å². The Morgan fingerprint density at radius 2 is 1.27 bits per heavy atom. The van der Waals surface area contributed by atoms with Crippen LogP contribution < -0.4 is 26.7 Å². The number of aliphatic hydroxyl groups is 6. The molecule has 21 heteroatoms. The summed E-state index contributed by atoms with van der Waals surface area (Å²) in [7, 11) is 0. The number of hydrogen-bond donors (Lipinski definition) is 9. The molecule has 6 heterocycles. The van der Waals surface area contributed by atoms with Crippen LogP contribution >= 0.6 is 15.9 Å².